The van der Waals surface area contributed by atoms with Gasteiger partial charge in [0.25, 0.3) is 5.91 Å². The molecule has 0 radical (unpaired) electrons. The number of nitrogens with one attached hydrogen (secondary N) is 3. The van der Waals surface area contributed by atoms with E-state index in [2.05, 4.69) is 16.0 Å². The second kappa shape index (κ2) is 8.81. The molecule has 9 nitrogen and oxygen atoms in total. The number of halogens is 2. The molecule has 1 aliphatic rings. The third-order valence-electron chi connectivity index (χ3n) is 4.82. The van der Waals surface area contributed by atoms with Crippen molar-refractivity contribution in [1.29, 1.82) is 5.26 Å². The summed E-state index contributed by atoms with van der Waals surface area (Å²) in [6.07, 6.45) is 0. The first kappa shape index (κ1) is 22.4. The standard InChI is InChI=1S/C21H17F2N5O4/c1-21(13-4-2-12(9-24)3-5-13)19(31)28(20(32)27-21)11-18(30)25-10-17(29)26-14-6-7-15(22)16(23)8-14/h2-8H,10-11H2,1H3,(H,25,30)(H,26,29)(H,27,32). The fourth-order valence-corrected chi connectivity index (χ4v) is 3.07. The number of amides is 5. The summed E-state index contributed by atoms with van der Waals surface area (Å²) in [6.45, 7) is 0.325. The lowest BCUT2D eigenvalue weighted by molar-refractivity contribution is -0.135. The zero-order valence-electron chi connectivity index (χ0n) is 16.7. The average molecular weight is 441 g/mol. The van der Waals surface area contributed by atoms with E-state index in [1.54, 1.807) is 0 Å². The molecule has 1 saturated heterocycles. The minimum atomic E-state index is -1.42. The number of nitriles is 1. The molecule has 0 saturated carbocycles. The summed E-state index contributed by atoms with van der Waals surface area (Å²) in [4.78, 5) is 49.9. The molecule has 0 bridgehead atoms. The minimum absolute atomic E-state index is 0.00423. The summed E-state index contributed by atoms with van der Waals surface area (Å²) in [6, 6.07) is 10.00. The van der Waals surface area contributed by atoms with Crippen molar-refractivity contribution in [2.45, 2.75) is 12.5 Å². The summed E-state index contributed by atoms with van der Waals surface area (Å²) < 4.78 is 26.1. The van der Waals surface area contributed by atoms with Crippen LogP contribution in [0.3, 0.4) is 0 Å². The van der Waals surface area contributed by atoms with E-state index >= 15 is 0 Å². The van der Waals surface area contributed by atoms with Crippen LogP contribution in [-0.2, 0) is 19.9 Å². The summed E-state index contributed by atoms with van der Waals surface area (Å²) in [5.41, 5.74) is -0.610. The van der Waals surface area contributed by atoms with Crippen molar-refractivity contribution in [2.24, 2.45) is 0 Å². The number of benzene rings is 2. The van der Waals surface area contributed by atoms with E-state index in [0.29, 0.717) is 16.0 Å². The molecule has 0 aliphatic carbocycles. The number of imide groups is 1. The second-order valence-corrected chi connectivity index (χ2v) is 7.09. The van der Waals surface area contributed by atoms with Crippen LogP contribution in [0.2, 0.25) is 0 Å². The second-order valence-electron chi connectivity index (χ2n) is 7.09. The van der Waals surface area contributed by atoms with Crippen LogP contribution in [-0.4, -0.2) is 41.7 Å². The van der Waals surface area contributed by atoms with Crippen molar-refractivity contribution in [3.63, 3.8) is 0 Å². The Labute approximate surface area is 181 Å². The molecule has 3 rings (SSSR count). The van der Waals surface area contributed by atoms with Gasteiger partial charge < -0.3 is 16.0 Å². The topological polar surface area (TPSA) is 131 Å². The number of carbonyl (C=O) groups excluding carboxylic acids is 4. The van der Waals surface area contributed by atoms with Gasteiger partial charge in [0.05, 0.1) is 18.2 Å². The summed E-state index contributed by atoms with van der Waals surface area (Å²) in [5, 5.41) is 15.9. The van der Waals surface area contributed by atoms with Crippen LogP contribution in [0.25, 0.3) is 0 Å². The molecule has 0 aromatic heterocycles. The van der Waals surface area contributed by atoms with Gasteiger partial charge in [0.2, 0.25) is 11.8 Å². The number of urea groups is 1. The lowest BCUT2D eigenvalue weighted by Gasteiger charge is -2.22. The Morgan fingerprint density at radius 3 is 2.41 bits per heavy atom. The largest absolute Gasteiger partial charge is 0.345 e. The normalized spacial score (nSPS) is 17.5. The van der Waals surface area contributed by atoms with E-state index in [-0.39, 0.29) is 5.69 Å². The van der Waals surface area contributed by atoms with Gasteiger partial charge in [-0.3, -0.25) is 19.3 Å². The Morgan fingerprint density at radius 2 is 1.78 bits per heavy atom. The molecular formula is C21H17F2N5O4. The zero-order chi connectivity index (χ0) is 23.5. The molecule has 3 N–H and O–H groups in total. The summed E-state index contributed by atoms with van der Waals surface area (Å²) >= 11 is 0. The first-order valence-electron chi connectivity index (χ1n) is 9.30. The maximum atomic E-state index is 13.2. The van der Waals surface area contributed by atoms with Crippen LogP contribution < -0.4 is 16.0 Å². The number of hydrogen-bond donors (Lipinski definition) is 3. The number of anilines is 1. The molecule has 5 amide bonds. The predicted octanol–water partition coefficient (Wildman–Crippen LogP) is 1.36. The molecule has 1 atom stereocenters. The monoisotopic (exact) mass is 441 g/mol. The molecule has 164 valence electrons. The van der Waals surface area contributed by atoms with Gasteiger partial charge in [-0.25, -0.2) is 13.6 Å². The van der Waals surface area contributed by atoms with E-state index in [4.69, 9.17) is 5.26 Å². The number of hydrogen-bond acceptors (Lipinski definition) is 5. The van der Waals surface area contributed by atoms with Crippen molar-refractivity contribution in [3.05, 3.63) is 65.2 Å². The summed E-state index contributed by atoms with van der Waals surface area (Å²) in [5.74, 6) is -4.39. The highest BCUT2D eigenvalue weighted by Crippen LogP contribution is 2.28. The van der Waals surface area contributed by atoms with Gasteiger partial charge in [-0.05, 0) is 36.8 Å². The zero-order valence-corrected chi connectivity index (χ0v) is 16.7. The van der Waals surface area contributed by atoms with Crippen molar-refractivity contribution >= 4 is 29.4 Å². The van der Waals surface area contributed by atoms with E-state index < -0.39 is 54.0 Å². The van der Waals surface area contributed by atoms with Gasteiger partial charge in [0.1, 0.15) is 12.1 Å². The highest BCUT2D eigenvalue weighted by molar-refractivity contribution is 6.09. The molecule has 11 heteroatoms. The number of nitrogens with zero attached hydrogens (tertiary/aromatic N) is 2. The molecule has 2 aromatic carbocycles. The van der Waals surface area contributed by atoms with E-state index in [1.807, 2.05) is 6.07 Å². The fourth-order valence-electron chi connectivity index (χ4n) is 3.07. The van der Waals surface area contributed by atoms with Gasteiger partial charge in [-0.2, -0.15) is 5.26 Å². The Morgan fingerprint density at radius 1 is 1.09 bits per heavy atom. The van der Waals surface area contributed by atoms with Gasteiger partial charge in [-0.15, -0.1) is 0 Å². The molecule has 0 spiro atoms. The van der Waals surface area contributed by atoms with Crippen LogP contribution in [0.5, 0.6) is 0 Å². The molecule has 32 heavy (non-hydrogen) atoms. The van der Waals surface area contributed by atoms with Crippen molar-refractivity contribution < 1.29 is 28.0 Å². The van der Waals surface area contributed by atoms with Crippen LogP contribution in [0.4, 0.5) is 19.3 Å². The SMILES string of the molecule is CC1(c2ccc(C#N)cc2)NC(=O)N(CC(=O)NCC(=O)Nc2ccc(F)c(F)c2)C1=O. The van der Waals surface area contributed by atoms with Crippen LogP contribution in [0, 0.1) is 23.0 Å². The molecule has 1 unspecified atom stereocenters. The lowest BCUT2D eigenvalue weighted by Crippen LogP contribution is -2.44. The van der Waals surface area contributed by atoms with Gasteiger partial charge in [0, 0.05) is 11.8 Å². The molecule has 2 aromatic rings. The Kier molecular flexibility index (Phi) is 6.15. The highest BCUT2D eigenvalue weighted by Gasteiger charge is 2.49. The van der Waals surface area contributed by atoms with Crippen LogP contribution in [0.15, 0.2) is 42.5 Å². The van der Waals surface area contributed by atoms with Crippen molar-refractivity contribution in [3.8, 4) is 6.07 Å². The van der Waals surface area contributed by atoms with Gasteiger partial charge in [-0.1, -0.05) is 12.1 Å². The van der Waals surface area contributed by atoms with Gasteiger partial charge in [0.15, 0.2) is 11.6 Å². The maximum Gasteiger partial charge on any atom is 0.325 e. The van der Waals surface area contributed by atoms with Gasteiger partial charge >= 0.3 is 6.03 Å². The minimum Gasteiger partial charge on any atom is -0.345 e. The average Bonchev–Trinajstić information content (AvgIpc) is 2.99. The van der Waals surface area contributed by atoms with E-state index in [0.717, 1.165) is 18.2 Å². The fraction of sp³-hybridized carbons (Fsp3) is 0.190. The molecule has 1 aliphatic heterocycles. The molecular weight excluding hydrogens is 424 g/mol. The quantitative estimate of drug-likeness (QED) is 0.583. The van der Waals surface area contributed by atoms with Crippen molar-refractivity contribution in [1.82, 2.24) is 15.5 Å². The Balaban J connectivity index is 1.58. The maximum absolute atomic E-state index is 13.2. The predicted molar refractivity (Wildman–Crippen MR) is 107 cm³/mol. The highest BCUT2D eigenvalue weighted by atomic mass is 19.2. The third-order valence-corrected chi connectivity index (χ3v) is 4.82. The van der Waals surface area contributed by atoms with E-state index in [9.17, 15) is 28.0 Å². The Bertz CT molecular complexity index is 1150. The number of carbonyl (C=O) groups is 4. The molecule has 1 heterocycles. The third kappa shape index (κ3) is 4.54. The van der Waals surface area contributed by atoms with Crippen LogP contribution in [0.1, 0.15) is 18.1 Å². The molecule has 1 fully saturated rings. The summed E-state index contributed by atoms with van der Waals surface area (Å²) in [7, 11) is 0. The lowest BCUT2D eigenvalue weighted by atomic mass is 9.91. The first-order valence-corrected chi connectivity index (χ1v) is 9.30. The van der Waals surface area contributed by atoms with E-state index in [1.165, 1.54) is 31.2 Å². The smallest absolute Gasteiger partial charge is 0.325 e. The van der Waals surface area contributed by atoms with Crippen LogP contribution >= 0.6 is 0 Å². The first-order chi connectivity index (χ1) is 15.1. The Hall–Kier alpha value is -4.33. The number of rotatable bonds is 6. The van der Waals surface area contributed by atoms with Crippen molar-refractivity contribution in [2.75, 3.05) is 18.4 Å².